The van der Waals surface area contributed by atoms with Crippen molar-refractivity contribution in [1.82, 2.24) is 0 Å². The van der Waals surface area contributed by atoms with Crippen molar-refractivity contribution in [2.45, 2.75) is 5.75 Å². The van der Waals surface area contributed by atoms with Crippen molar-refractivity contribution in [3.05, 3.63) is 26.6 Å². The summed E-state index contributed by atoms with van der Waals surface area (Å²) in [6.45, 7) is 0. The number of methoxy groups -OCH3 is 1. The molecule has 0 aliphatic rings. The van der Waals surface area contributed by atoms with Crippen molar-refractivity contribution in [1.29, 1.82) is 0 Å². The maximum absolute atomic E-state index is 10.9. The van der Waals surface area contributed by atoms with Crippen molar-refractivity contribution in [2.24, 2.45) is 5.14 Å². The summed E-state index contributed by atoms with van der Waals surface area (Å²) in [5, 5.41) is 4.95. The second kappa shape index (κ2) is 4.82. The molecule has 15 heavy (non-hydrogen) atoms. The van der Waals surface area contributed by atoms with Crippen molar-refractivity contribution in [3.63, 3.8) is 0 Å². The summed E-state index contributed by atoms with van der Waals surface area (Å²) in [5.41, 5.74) is 0.594. The van der Waals surface area contributed by atoms with E-state index in [1.165, 1.54) is 7.11 Å². The molecule has 0 radical (unpaired) electrons. The molecule has 0 saturated carbocycles. The number of hydrogen-bond donors (Lipinski definition) is 1. The summed E-state index contributed by atoms with van der Waals surface area (Å²) in [5.74, 6) is 0.418. The van der Waals surface area contributed by atoms with Gasteiger partial charge in [0.05, 0.1) is 21.8 Å². The maximum atomic E-state index is 10.9. The summed E-state index contributed by atoms with van der Waals surface area (Å²) in [6.07, 6.45) is 0. The van der Waals surface area contributed by atoms with Crippen LogP contribution in [0.4, 0.5) is 0 Å². The summed E-state index contributed by atoms with van der Waals surface area (Å²) in [7, 11) is -1.98. The Hall–Kier alpha value is -0.110. The Morgan fingerprint density at radius 2 is 1.80 bits per heavy atom. The molecule has 0 aliphatic carbocycles. The lowest BCUT2D eigenvalue weighted by Crippen LogP contribution is -2.14. The number of rotatable bonds is 3. The van der Waals surface area contributed by atoms with Crippen molar-refractivity contribution < 1.29 is 13.2 Å². The predicted molar refractivity (Wildman–Crippen MR) is 65.2 cm³/mol. The van der Waals surface area contributed by atoms with Crippen LogP contribution in [0.25, 0.3) is 0 Å². The first-order chi connectivity index (χ1) is 6.83. The van der Waals surface area contributed by atoms with Gasteiger partial charge in [-0.25, -0.2) is 13.6 Å². The van der Waals surface area contributed by atoms with E-state index in [0.717, 1.165) is 0 Å². The molecule has 1 rings (SSSR count). The summed E-state index contributed by atoms with van der Waals surface area (Å²) < 4.78 is 28.2. The molecule has 0 spiro atoms. The summed E-state index contributed by atoms with van der Waals surface area (Å²) in [4.78, 5) is 0. The van der Waals surface area contributed by atoms with Crippen LogP contribution in [0.1, 0.15) is 5.56 Å². The van der Waals surface area contributed by atoms with E-state index in [2.05, 4.69) is 31.9 Å². The third-order valence-electron chi connectivity index (χ3n) is 1.63. The van der Waals surface area contributed by atoms with Gasteiger partial charge >= 0.3 is 0 Å². The van der Waals surface area contributed by atoms with Crippen molar-refractivity contribution >= 4 is 41.9 Å². The Bertz CT molecular complexity index is 450. The van der Waals surface area contributed by atoms with E-state index < -0.39 is 10.0 Å². The predicted octanol–water partition coefficient (Wildman–Crippen LogP) is 2.01. The molecule has 0 saturated heterocycles. The van der Waals surface area contributed by atoms with E-state index in [-0.39, 0.29) is 5.75 Å². The molecular weight excluding hydrogens is 350 g/mol. The highest BCUT2D eigenvalue weighted by molar-refractivity contribution is 9.11. The van der Waals surface area contributed by atoms with Crippen LogP contribution in [0.15, 0.2) is 21.1 Å². The highest BCUT2D eigenvalue weighted by Gasteiger charge is 2.11. The molecule has 0 unspecified atom stereocenters. The van der Waals surface area contributed by atoms with Crippen molar-refractivity contribution in [3.8, 4) is 5.75 Å². The van der Waals surface area contributed by atoms with E-state index in [0.29, 0.717) is 20.3 Å². The van der Waals surface area contributed by atoms with Gasteiger partial charge in [0.2, 0.25) is 10.0 Å². The largest absolute Gasteiger partial charge is 0.494 e. The van der Waals surface area contributed by atoms with Gasteiger partial charge in [-0.05, 0) is 49.6 Å². The molecule has 0 heterocycles. The number of halogens is 2. The van der Waals surface area contributed by atoms with Gasteiger partial charge < -0.3 is 4.74 Å². The fourth-order valence-electron chi connectivity index (χ4n) is 1.12. The second-order valence-electron chi connectivity index (χ2n) is 2.90. The van der Waals surface area contributed by atoms with Gasteiger partial charge in [0.25, 0.3) is 0 Å². The minimum atomic E-state index is -3.51. The standard InChI is InChI=1S/C8H9Br2NO3S/c1-14-8-6(9)2-5(3-7(8)10)4-15(11,12)13/h2-3H,4H2,1H3,(H2,11,12,13). The lowest BCUT2D eigenvalue weighted by Gasteiger charge is -2.08. The Labute approximate surface area is 105 Å². The molecule has 0 aliphatic heterocycles. The van der Waals surface area contributed by atoms with E-state index in [9.17, 15) is 8.42 Å². The second-order valence-corrected chi connectivity index (χ2v) is 6.22. The van der Waals surface area contributed by atoms with Gasteiger partial charge in [0.15, 0.2) is 0 Å². The van der Waals surface area contributed by atoms with E-state index >= 15 is 0 Å². The summed E-state index contributed by atoms with van der Waals surface area (Å²) >= 11 is 6.55. The first kappa shape index (κ1) is 13.0. The van der Waals surface area contributed by atoms with E-state index in [1.807, 2.05) is 0 Å². The molecular formula is C8H9Br2NO3S. The molecule has 1 aromatic rings. The van der Waals surface area contributed by atoms with Crippen LogP contribution in [0.5, 0.6) is 5.75 Å². The average molecular weight is 359 g/mol. The Morgan fingerprint density at radius 1 is 1.33 bits per heavy atom. The lowest BCUT2D eigenvalue weighted by molar-refractivity contribution is 0.409. The third-order valence-corrected chi connectivity index (χ3v) is 3.54. The minimum absolute atomic E-state index is 0.200. The van der Waals surface area contributed by atoms with Crippen LogP contribution in [-0.4, -0.2) is 15.5 Å². The summed E-state index contributed by atoms with van der Waals surface area (Å²) in [6, 6.07) is 3.32. The Kier molecular flexibility index (Phi) is 4.16. The maximum Gasteiger partial charge on any atom is 0.213 e. The molecule has 0 amide bonds. The molecule has 0 fully saturated rings. The third kappa shape index (κ3) is 3.75. The van der Waals surface area contributed by atoms with Crippen LogP contribution in [0.2, 0.25) is 0 Å². The normalized spacial score (nSPS) is 11.5. The highest BCUT2D eigenvalue weighted by atomic mass is 79.9. The molecule has 84 valence electrons. The topological polar surface area (TPSA) is 69.4 Å². The molecule has 7 heteroatoms. The Morgan fingerprint density at radius 3 is 2.13 bits per heavy atom. The van der Waals surface area contributed by atoms with Gasteiger partial charge in [-0.2, -0.15) is 0 Å². The zero-order chi connectivity index (χ0) is 11.6. The molecule has 0 bridgehead atoms. The van der Waals surface area contributed by atoms with Gasteiger partial charge in [-0.15, -0.1) is 0 Å². The number of nitrogens with two attached hydrogens (primary N) is 1. The van der Waals surface area contributed by atoms with Crippen LogP contribution in [-0.2, 0) is 15.8 Å². The van der Waals surface area contributed by atoms with Gasteiger partial charge in [-0.1, -0.05) is 0 Å². The monoisotopic (exact) mass is 357 g/mol. The van der Waals surface area contributed by atoms with Gasteiger partial charge in [0, 0.05) is 0 Å². The first-order valence-corrected chi connectivity index (χ1v) is 7.16. The number of hydrogen-bond acceptors (Lipinski definition) is 3. The number of primary sulfonamides is 1. The average Bonchev–Trinajstić information content (AvgIpc) is 1.99. The smallest absolute Gasteiger partial charge is 0.213 e. The number of benzene rings is 1. The first-order valence-electron chi connectivity index (χ1n) is 3.86. The number of ether oxygens (including phenoxy) is 1. The lowest BCUT2D eigenvalue weighted by atomic mass is 10.2. The fraction of sp³-hybridized carbons (Fsp3) is 0.250. The molecule has 4 nitrogen and oxygen atoms in total. The Balaban J connectivity index is 3.15. The minimum Gasteiger partial charge on any atom is -0.494 e. The van der Waals surface area contributed by atoms with Crippen molar-refractivity contribution in [2.75, 3.05) is 7.11 Å². The quantitative estimate of drug-likeness (QED) is 0.898. The zero-order valence-electron chi connectivity index (χ0n) is 7.83. The zero-order valence-corrected chi connectivity index (χ0v) is 11.8. The number of sulfonamides is 1. The molecule has 1 aromatic carbocycles. The van der Waals surface area contributed by atoms with Crippen LogP contribution in [0.3, 0.4) is 0 Å². The highest BCUT2D eigenvalue weighted by Crippen LogP contribution is 2.34. The SMILES string of the molecule is COc1c(Br)cc(CS(N)(=O)=O)cc1Br. The molecule has 2 N–H and O–H groups in total. The van der Waals surface area contributed by atoms with Crippen LogP contribution in [0, 0.1) is 0 Å². The van der Waals surface area contributed by atoms with Crippen LogP contribution < -0.4 is 9.88 Å². The van der Waals surface area contributed by atoms with Gasteiger partial charge in [0.1, 0.15) is 5.75 Å². The van der Waals surface area contributed by atoms with Gasteiger partial charge in [-0.3, -0.25) is 0 Å². The van der Waals surface area contributed by atoms with Crippen LogP contribution >= 0.6 is 31.9 Å². The fourth-order valence-corrected chi connectivity index (χ4v) is 3.36. The molecule has 0 aromatic heterocycles. The van der Waals surface area contributed by atoms with E-state index in [1.54, 1.807) is 12.1 Å². The molecule has 0 atom stereocenters. The van der Waals surface area contributed by atoms with E-state index in [4.69, 9.17) is 9.88 Å².